The maximum absolute atomic E-state index is 12.7. The summed E-state index contributed by atoms with van der Waals surface area (Å²) >= 11 is 7.41. The second-order valence-electron chi connectivity index (χ2n) is 6.64. The van der Waals surface area contributed by atoms with Crippen molar-refractivity contribution in [2.24, 2.45) is 0 Å². The number of halogens is 1. The van der Waals surface area contributed by atoms with Crippen LogP contribution >= 0.6 is 23.4 Å². The Bertz CT molecular complexity index is 854. The summed E-state index contributed by atoms with van der Waals surface area (Å²) in [6.07, 6.45) is 0.212. The fourth-order valence-corrected chi connectivity index (χ4v) is 4.65. The Kier molecular flexibility index (Phi) is 5.27. The summed E-state index contributed by atoms with van der Waals surface area (Å²) in [7, 11) is 0. The first kappa shape index (κ1) is 18.2. The number of benzene rings is 2. The lowest BCUT2D eigenvalue weighted by atomic mass is 10.2. The zero-order chi connectivity index (χ0) is 18.8. The molecule has 140 valence electrons. The van der Waals surface area contributed by atoms with Crippen molar-refractivity contribution in [3.8, 4) is 0 Å². The average molecular weight is 402 g/mol. The SMILES string of the molecule is O=C1Nc2cc(Cl)ccc2S[C@@H]1CC(=O)N1CCN(c2ccccc2)CC1. The highest BCUT2D eigenvalue weighted by Gasteiger charge is 2.31. The van der Waals surface area contributed by atoms with Gasteiger partial charge in [0, 0.05) is 48.2 Å². The molecule has 2 heterocycles. The summed E-state index contributed by atoms with van der Waals surface area (Å²) < 4.78 is 0. The van der Waals surface area contributed by atoms with Gasteiger partial charge in [-0.15, -0.1) is 11.8 Å². The van der Waals surface area contributed by atoms with Gasteiger partial charge < -0.3 is 15.1 Å². The molecule has 0 aliphatic carbocycles. The molecule has 1 atom stereocenters. The van der Waals surface area contributed by atoms with Gasteiger partial charge in [0.05, 0.1) is 10.9 Å². The van der Waals surface area contributed by atoms with E-state index in [1.54, 1.807) is 12.1 Å². The molecule has 2 aromatic carbocycles. The molecule has 0 aromatic heterocycles. The van der Waals surface area contributed by atoms with Gasteiger partial charge in [-0.2, -0.15) is 0 Å². The Labute approximate surface area is 167 Å². The van der Waals surface area contributed by atoms with Gasteiger partial charge in [0.25, 0.3) is 0 Å². The lowest BCUT2D eigenvalue weighted by molar-refractivity contribution is -0.132. The van der Waals surface area contributed by atoms with E-state index in [-0.39, 0.29) is 18.2 Å². The summed E-state index contributed by atoms with van der Waals surface area (Å²) in [4.78, 5) is 30.2. The summed E-state index contributed by atoms with van der Waals surface area (Å²) in [5.74, 6) is -0.0983. The number of carbonyl (C=O) groups is 2. The minimum Gasteiger partial charge on any atom is -0.368 e. The maximum atomic E-state index is 12.7. The van der Waals surface area contributed by atoms with Crippen LogP contribution in [0.4, 0.5) is 11.4 Å². The van der Waals surface area contributed by atoms with E-state index < -0.39 is 5.25 Å². The largest absolute Gasteiger partial charge is 0.368 e. The van der Waals surface area contributed by atoms with Crippen molar-refractivity contribution in [3.05, 3.63) is 53.6 Å². The maximum Gasteiger partial charge on any atom is 0.238 e. The highest BCUT2D eigenvalue weighted by atomic mass is 35.5. The lowest BCUT2D eigenvalue weighted by Crippen LogP contribution is -2.49. The first-order valence-corrected chi connectivity index (χ1v) is 10.2. The van der Waals surface area contributed by atoms with Gasteiger partial charge in [-0.1, -0.05) is 29.8 Å². The standard InChI is InChI=1S/C20H20ClN3O2S/c21-14-6-7-17-16(12-14)22-20(26)18(27-17)13-19(25)24-10-8-23(9-11-24)15-4-2-1-3-5-15/h1-7,12,18H,8-11,13H2,(H,22,26)/t18-/m1/s1. The zero-order valence-corrected chi connectivity index (χ0v) is 16.3. The molecule has 4 rings (SSSR count). The second kappa shape index (κ2) is 7.82. The smallest absolute Gasteiger partial charge is 0.238 e. The number of anilines is 2. The highest BCUT2D eigenvalue weighted by molar-refractivity contribution is 8.01. The first-order chi connectivity index (χ1) is 13.1. The predicted molar refractivity (Wildman–Crippen MR) is 110 cm³/mol. The van der Waals surface area contributed by atoms with Gasteiger partial charge in [0.1, 0.15) is 0 Å². The molecular formula is C20H20ClN3O2S. The van der Waals surface area contributed by atoms with Crippen LogP contribution in [0.5, 0.6) is 0 Å². The summed E-state index contributed by atoms with van der Waals surface area (Å²) in [6.45, 7) is 2.97. The van der Waals surface area contributed by atoms with E-state index in [0.29, 0.717) is 18.1 Å². The fourth-order valence-electron chi connectivity index (χ4n) is 3.40. The number of para-hydroxylation sites is 1. The molecule has 2 aliphatic rings. The topological polar surface area (TPSA) is 52.7 Å². The van der Waals surface area contributed by atoms with E-state index in [4.69, 9.17) is 11.6 Å². The summed E-state index contributed by atoms with van der Waals surface area (Å²) in [5.41, 5.74) is 1.90. The van der Waals surface area contributed by atoms with Gasteiger partial charge >= 0.3 is 0 Å². The van der Waals surface area contributed by atoms with Gasteiger partial charge in [-0.25, -0.2) is 0 Å². The number of rotatable bonds is 3. The molecule has 2 aromatic rings. The van der Waals surface area contributed by atoms with E-state index in [9.17, 15) is 9.59 Å². The van der Waals surface area contributed by atoms with E-state index in [0.717, 1.165) is 23.7 Å². The monoisotopic (exact) mass is 401 g/mol. The summed E-state index contributed by atoms with van der Waals surface area (Å²) in [5, 5.41) is 3.04. The molecule has 5 nitrogen and oxygen atoms in total. The number of nitrogens with zero attached hydrogens (tertiary/aromatic N) is 2. The Morgan fingerprint density at radius 2 is 1.85 bits per heavy atom. The lowest BCUT2D eigenvalue weighted by Gasteiger charge is -2.36. The Morgan fingerprint density at radius 3 is 2.59 bits per heavy atom. The molecule has 0 bridgehead atoms. The first-order valence-electron chi connectivity index (χ1n) is 8.95. The van der Waals surface area contributed by atoms with Crippen molar-refractivity contribution in [2.75, 3.05) is 36.4 Å². The molecule has 2 amide bonds. The van der Waals surface area contributed by atoms with Crippen LogP contribution in [0.1, 0.15) is 6.42 Å². The van der Waals surface area contributed by atoms with E-state index >= 15 is 0 Å². The minimum absolute atomic E-state index is 0.0350. The van der Waals surface area contributed by atoms with Crippen LogP contribution in [-0.2, 0) is 9.59 Å². The Balaban J connectivity index is 1.35. The Hall–Kier alpha value is -2.18. The van der Waals surface area contributed by atoms with Crippen LogP contribution in [0, 0.1) is 0 Å². The van der Waals surface area contributed by atoms with Crippen molar-refractivity contribution in [1.82, 2.24) is 4.90 Å². The van der Waals surface area contributed by atoms with Crippen molar-refractivity contribution >= 4 is 46.6 Å². The van der Waals surface area contributed by atoms with Gasteiger partial charge in [0.2, 0.25) is 11.8 Å². The van der Waals surface area contributed by atoms with Crippen LogP contribution in [0.25, 0.3) is 0 Å². The Morgan fingerprint density at radius 1 is 1.11 bits per heavy atom. The second-order valence-corrected chi connectivity index (χ2v) is 8.32. The quantitative estimate of drug-likeness (QED) is 0.855. The van der Waals surface area contributed by atoms with Gasteiger partial charge in [0.15, 0.2) is 0 Å². The number of amides is 2. The number of hydrogen-bond acceptors (Lipinski definition) is 4. The number of thioether (sulfide) groups is 1. The average Bonchev–Trinajstić information content (AvgIpc) is 2.69. The van der Waals surface area contributed by atoms with E-state index in [2.05, 4.69) is 22.3 Å². The van der Waals surface area contributed by atoms with Crippen molar-refractivity contribution in [3.63, 3.8) is 0 Å². The number of nitrogens with one attached hydrogen (secondary N) is 1. The summed E-state index contributed by atoms with van der Waals surface area (Å²) in [6, 6.07) is 15.7. The molecule has 0 spiro atoms. The van der Waals surface area contributed by atoms with Crippen molar-refractivity contribution < 1.29 is 9.59 Å². The normalized spacial score (nSPS) is 19.4. The fraction of sp³-hybridized carbons (Fsp3) is 0.300. The van der Waals surface area contributed by atoms with E-state index in [1.807, 2.05) is 29.2 Å². The third kappa shape index (κ3) is 4.06. The minimum atomic E-state index is -0.404. The van der Waals surface area contributed by atoms with E-state index in [1.165, 1.54) is 17.4 Å². The van der Waals surface area contributed by atoms with Crippen LogP contribution < -0.4 is 10.2 Å². The molecule has 0 radical (unpaired) electrons. The third-order valence-electron chi connectivity index (χ3n) is 4.87. The molecule has 0 saturated carbocycles. The highest BCUT2D eigenvalue weighted by Crippen LogP contribution is 2.38. The molecule has 1 fully saturated rings. The number of fused-ring (bicyclic) bond motifs is 1. The van der Waals surface area contributed by atoms with Gasteiger partial charge in [-0.3, -0.25) is 9.59 Å². The van der Waals surface area contributed by atoms with Crippen molar-refractivity contribution in [2.45, 2.75) is 16.6 Å². The van der Waals surface area contributed by atoms with Crippen LogP contribution in [0.3, 0.4) is 0 Å². The number of piperazine rings is 1. The van der Waals surface area contributed by atoms with Crippen molar-refractivity contribution in [1.29, 1.82) is 0 Å². The molecule has 7 heteroatoms. The molecule has 1 N–H and O–H groups in total. The molecule has 1 saturated heterocycles. The molecule has 0 unspecified atom stereocenters. The number of carbonyl (C=O) groups excluding carboxylic acids is 2. The van der Waals surface area contributed by atoms with Gasteiger partial charge in [-0.05, 0) is 30.3 Å². The van der Waals surface area contributed by atoms with Crippen LogP contribution in [0.2, 0.25) is 5.02 Å². The molecular weight excluding hydrogens is 382 g/mol. The zero-order valence-electron chi connectivity index (χ0n) is 14.7. The van der Waals surface area contributed by atoms with Crippen LogP contribution in [-0.4, -0.2) is 48.1 Å². The molecule has 27 heavy (non-hydrogen) atoms. The molecule has 2 aliphatic heterocycles. The predicted octanol–water partition coefficient (Wildman–Crippen LogP) is 3.49. The van der Waals surface area contributed by atoms with Crippen LogP contribution in [0.15, 0.2) is 53.4 Å². The third-order valence-corrected chi connectivity index (χ3v) is 6.39. The number of hydrogen-bond donors (Lipinski definition) is 1.